The first kappa shape index (κ1) is 18.7. The van der Waals surface area contributed by atoms with Crippen molar-refractivity contribution in [2.24, 2.45) is 23.7 Å². The molecule has 0 radical (unpaired) electrons. The highest BCUT2D eigenvalue weighted by molar-refractivity contribution is 6.48. The number of hydrogen-bond donors (Lipinski definition) is 0. The van der Waals surface area contributed by atoms with Crippen LogP contribution in [-0.4, -0.2) is 18.2 Å². The van der Waals surface area contributed by atoms with E-state index in [0.29, 0.717) is 29.6 Å². The van der Waals surface area contributed by atoms with Crippen molar-refractivity contribution in [2.75, 3.05) is 0 Å². The second-order valence-corrected chi connectivity index (χ2v) is 10.5. The molecular formula is C28H26O4. The van der Waals surface area contributed by atoms with Crippen molar-refractivity contribution in [1.29, 1.82) is 0 Å². The maximum atomic E-state index is 13.2. The number of fused-ring (bicyclic) bond motifs is 15. The van der Waals surface area contributed by atoms with Crippen LogP contribution in [0.5, 0.6) is 0 Å². The van der Waals surface area contributed by atoms with Crippen LogP contribution in [0.4, 0.5) is 0 Å². The number of hydrogen-bond acceptors (Lipinski definition) is 4. The molecule has 162 valence electrons. The molecule has 5 atom stereocenters. The zero-order valence-electron chi connectivity index (χ0n) is 18.9. The van der Waals surface area contributed by atoms with Crippen molar-refractivity contribution < 1.29 is 18.7 Å². The van der Waals surface area contributed by atoms with Gasteiger partial charge in [0, 0.05) is 44.9 Å². The third-order valence-electron chi connectivity index (χ3n) is 8.82. The first-order chi connectivity index (χ1) is 15.4. The molecule has 32 heavy (non-hydrogen) atoms. The van der Waals surface area contributed by atoms with E-state index < -0.39 is 5.78 Å². The summed E-state index contributed by atoms with van der Waals surface area (Å²) in [6.07, 6.45) is 3.72. The average molecular weight is 427 g/mol. The standard InChI is InChI=1S/C28H26O4/c1-11-5-7-13(3)20-18(11)25-15-9-16-23(24(17(30)10-29)22(15)27(20)31-25)28-21-14(4)8-6-12(2)19(21)26(16)32-28/h5,7,10,12,14,16,19,26H,6,8-9H2,1-4H3. The van der Waals surface area contributed by atoms with Gasteiger partial charge in [0.1, 0.15) is 23.0 Å². The molecule has 1 aromatic carbocycles. The molecule has 7 rings (SSSR count). The van der Waals surface area contributed by atoms with Crippen molar-refractivity contribution in [2.45, 2.75) is 53.1 Å². The van der Waals surface area contributed by atoms with Crippen LogP contribution in [-0.2, 0) is 20.7 Å². The first-order valence-electron chi connectivity index (χ1n) is 11.8. The summed E-state index contributed by atoms with van der Waals surface area (Å²) in [5.74, 6) is 2.05. The lowest BCUT2D eigenvalue weighted by atomic mass is 9.61. The summed E-state index contributed by atoms with van der Waals surface area (Å²) < 4.78 is 13.0. The molecule has 2 aliphatic carbocycles. The van der Waals surface area contributed by atoms with Gasteiger partial charge in [0.2, 0.25) is 5.78 Å². The Morgan fingerprint density at radius 3 is 2.50 bits per heavy atom. The zero-order valence-corrected chi connectivity index (χ0v) is 18.9. The molecule has 2 aromatic heterocycles. The van der Waals surface area contributed by atoms with E-state index in [0.717, 1.165) is 62.8 Å². The molecule has 1 saturated carbocycles. The van der Waals surface area contributed by atoms with Gasteiger partial charge >= 0.3 is 0 Å². The number of aryl methyl sites for hydroxylation is 2. The van der Waals surface area contributed by atoms with E-state index in [4.69, 9.17) is 9.15 Å². The molecular weight excluding hydrogens is 400 g/mol. The molecule has 2 fully saturated rings. The highest BCUT2D eigenvalue weighted by Crippen LogP contribution is 2.62. The molecule has 4 heteroatoms. The van der Waals surface area contributed by atoms with Crippen LogP contribution in [0.15, 0.2) is 33.5 Å². The monoisotopic (exact) mass is 426 g/mol. The number of aldehydes is 1. The minimum atomic E-state index is -0.453. The van der Waals surface area contributed by atoms with Crippen LogP contribution < -0.4 is 0 Å². The Morgan fingerprint density at radius 2 is 1.78 bits per heavy atom. The molecule has 0 N–H and O–H groups in total. The van der Waals surface area contributed by atoms with E-state index in [1.807, 2.05) is 0 Å². The second-order valence-electron chi connectivity index (χ2n) is 10.5. The Bertz CT molecular complexity index is 1430. The molecule has 4 bridgehead atoms. The van der Waals surface area contributed by atoms with E-state index in [1.54, 1.807) is 0 Å². The maximum Gasteiger partial charge on any atom is 0.226 e. The fraction of sp³-hybridized carbons (Fsp3) is 0.429. The van der Waals surface area contributed by atoms with Crippen molar-refractivity contribution in [1.82, 2.24) is 0 Å². The number of carbonyl (C=O) groups excluding carboxylic acids is 2. The number of carbonyl (C=O) groups is 2. The molecule has 4 heterocycles. The largest absolute Gasteiger partial charge is 0.489 e. The minimum Gasteiger partial charge on any atom is -0.489 e. The fourth-order valence-corrected chi connectivity index (χ4v) is 7.41. The summed E-state index contributed by atoms with van der Waals surface area (Å²) in [6, 6.07) is 4.24. The summed E-state index contributed by atoms with van der Waals surface area (Å²) in [6.45, 7) is 8.81. The molecule has 3 aromatic rings. The van der Waals surface area contributed by atoms with E-state index in [1.165, 1.54) is 17.6 Å². The lowest BCUT2D eigenvalue weighted by molar-refractivity contribution is -0.126. The van der Waals surface area contributed by atoms with Crippen LogP contribution in [0.3, 0.4) is 0 Å². The molecule has 1 saturated heterocycles. The predicted octanol–water partition coefficient (Wildman–Crippen LogP) is 5.68. The summed E-state index contributed by atoms with van der Waals surface area (Å²) in [5.41, 5.74) is 8.81. The van der Waals surface area contributed by atoms with Gasteiger partial charge in [0.05, 0.1) is 0 Å². The fourth-order valence-electron chi connectivity index (χ4n) is 7.41. The van der Waals surface area contributed by atoms with E-state index in [2.05, 4.69) is 39.8 Å². The summed E-state index contributed by atoms with van der Waals surface area (Å²) in [7, 11) is 0. The van der Waals surface area contributed by atoms with Gasteiger partial charge in [-0.25, -0.2) is 0 Å². The molecule has 2 aliphatic heterocycles. The summed E-state index contributed by atoms with van der Waals surface area (Å²) in [4.78, 5) is 25.0. The SMILES string of the molecule is Cc1ccc(C)c2c3oc(c4c3C(C(=O)C=O)=C3C5=C6C(C)CCC(C)C6C(O5)C3C4)c12. The van der Waals surface area contributed by atoms with Gasteiger partial charge in [-0.1, -0.05) is 26.0 Å². The van der Waals surface area contributed by atoms with Crippen molar-refractivity contribution in [3.8, 4) is 0 Å². The highest BCUT2D eigenvalue weighted by Gasteiger charge is 2.57. The Kier molecular flexibility index (Phi) is 3.45. The van der Waals surface area contributed by atoms with Gasteiger partial charge in [0.15, 0.2) is 6.29 Å². The van der Waals surface area contributed by atoms with Crippen LogP contribution in [0, 0.1) is 37.5 Å². The van der Waals surface area contributed by atoms with Crippen LogP contribution in [0.25, 0.3) is 27.5 Å². The second kappa shape index (κ2) is 5.92. The number of rotatable bonds is 2. The molecule has 5 unspecified atom stereocenters. The highest BCUT2D eigenvalue weighted by atomic mass is 16.5. The van der Waals surface area contributed by atoms with Gasteiger partial charge < -0.3 is 9.15 Å². The summed E-state index contributed by atoms with van der Waals surface area (Å²) >= 11 is 0. The number of furan rings is 2. The third-order valence-corrected chi connectivity index (χ3v) is 8.82. The van der Waals surface area contributed by atoms with E-state index in [9.17, 15) is 9.59 Å². The zero-order chi connectivity index (χ0) is 22.0. The summed E-state index contributed by atoms with van der Waals surface area (Å²) in [5, 5.41) is 2.23. The number of allylic oxidation sites excluding steroid dienone is 2. The van der Waals surface area contributed by atoms with E-state index in [-0.39, 0.29) is 12.0 Å². The Morgan fingerprint density at radius 1 is 1.06 bits per heavy atom. The number of benzene rings is 2. The normalized spacial score (nSPS) is 30.7. The number of ketones is 1. The van der Waals surface area contributed by atoms with Crippen molar-refractivity contribution in [3.05, 3.63) is 51.3 Å². The first-order valence-corrected chi connectivity index (χ1v) is 11.8. The smallest absolute Gasteiger partial charge is 0.226 e. The van der Waals surface area contributed by atoms with Crippen LogP contribution in [0.1, 0.15) is 48.9 Å². The molecule has 0 amide bonds. The van der Waals surface area contributed by atoms with Gasteiger partial charge in [-0.05, 0) is 61.6 Å². The third kappa shape index (κ3) is 1.96. The maximum absolute atomic E-state index is 13.2. The number of ether oxygens (including phenoxy) is 1. The average Bonchev–Trinajstić information content (AvgIpc) is 3.54. The predicted molar refractivity (Wildman–Crippen MR) is 123 cm³/mol. The topological polar surface area (TPSA) is 56.5 Å². The van der Waals surface area contributed by atoms with Crippen molar-refractivity contribution in [3.63, 3.8) is 0 Å². The van der Waals surface area contributed by atoms with Gasteiger partial charge in [0.25, 0.3) is 0 Å². The Hall–Kier alpha value is -2.88. The molecule has 4 aliphatic rings. The van der Waals surface area contributed by atoms with Gasteiger partial charge in [-0.15, -0.1) is 0 Å². The minimum absolute atomic E-state index is 0.0686. The van der Waals surface area contributed by atoms with Gasteiger partial charge in [-0.3, -0.25) is 9.59 Å². The lowest BCUT2D eigenvalue weighted by Gasteiger charge is -2.40. The Labute approximate surface area is 186 Å². The lowest BCUT2D eigenvalue weighted by Crippen LogP contribution is -2.39. The Balaban J connectivity index is 1.58. The molecule has 4 nitrogen and oxygen atoms in total. The quantitative estimate of drug-likeness (QED) is 0.391. The van der Waals surface area contributed by atoms with Crippen molar-refractivity contribution >= 4 is 39.6 Å². The number of Topliss-reactive ketones (excluding diaryl/α,β-unsaturated/α-hetero) is 1. The molecule has 0 spiro atoms. The van der Waals surface area contributed by atoms with E-state index >= 15 is 0 Å². The van der Waals surface area contributed by atoms with Gasteiger partial charge in [-0.2, -0.15) is 0 Å². The van der Waals surface area contributed by atoms with Crippen LogP contribution >= 0.6 is 0 Å². The van der Waals surface area contributed by atoms with Crippen LogP contribution in [0.2, 0.25) is 0 Å².